The quantitative estimate of drug-likeness (QED) is 0.148. The predicted molar refractivity (Wildman–Crippen MR) is 490 cm³/mol. The first-order valence-electron chi connectivity index (χ1n) is 41.7. The summed E-state index contributed by atoms with van der Waals surface area (Å²) >= 11 is 0. The van der Waals surface area contributed by atoms with E-state index in [2.05, 4.69) is 417 Å². The summed E-state index contributed by atoms with van der Waals surface area (Å²) in [6, 6.07) is 101. The fraction of sp³-hybridized carbons (Fsp3) is 0.278. The summed E-state index contributed by atoms with van der Waals surface area (Å²) in [7, 11) is 0. The van der Waals surface area contributed by atoms with Crippen molar-refractivity contribution < 1.29 is 0 Å². The molecule has 0 unspecified atom stereocenters. The molecule has 20 rings (SSSR count). The molecule has 0 bridgehead atoms. The van der Waals surface area contributed by atoms with E-state index in [0.717, 1.165) is 64.0 Å². The van der Waals surface area contributed by atoms with Crippen molar-refractivity contribution in [2.45, 2.75) is 195 Å². The van der Waals surface area contributed by atoms with E-state index >= 15 is 0 Å². The maximum Gasteiger partial charge on any atom is 0.252 e. The average Bonchev–Trinajstić information content (AvgIpc) is 0.887. The van der Waals surface area contributed by atoms with E-state index in [9.17, 15) is 0 Å². The molecular weight excluding hydrogens is 1380 g/mol. The lowest BCUT2D eigenvalue weighted by Gasteiger charge is -2.44. The predicted octanol–water partition coefficient (Wildman–Crippen LogP) is 27.5. The molecule has 5 heterocycles. The highest BCUT2D eigenvalue weighted by molar-refractivity contribution is 7.00. The van der Waals surface area contributed by atoms with Gasteiger partial charge < -0.3 is 23.5 Å². The van der Waals surface area contributed by atoms with Gasteiger partial charge >= 0.3 is 0 Å². The Balaban J connectivity index is 0.896. The molecule has 0 saturated carbocycles. The Kier molecular flexibility index (Phi) is 15.3. The second-order valence-electron chi connectivity index (χ2n) is 41.0. The number of para-hydroxylation sites is 2. The molecular formula is C108H106BN5. The zero-order valence-electron chi connectivity index (χ0n) is 70.5. The molecule has 0 atom stereocenters. The molecule has 0 spiro atoms. The van der Waals surface area contributed by atoms with Crippen LogP contribution in [0.5, 0.6) is 0 Å². The normalized spacial score (nSPS) is 16.1. The third kappa shape index (κ3) is 11.0. The minimum atomic E-state index is -0.205. The van der Waals surface area contributed by atoms with Gasteiger partial charge in [-0.3, -0.25) is 0 Å². The molecule has 0 amide bonds. The molecule has 4 aliphatic rings. The van der Waals surface area contributed by atoms with Crippen LogP contribution in [-0.4, -0.2) is 20.4 Å². The van der Waals surface area contributed by atoms with Crippen molar-refractivity contribution in [3.63, 3.8) is 0 Å². The maximum atomic E-state index is 2.66. The van der Waals surface area contributed by atoms with Crippen molar-refractivity contribution in [2.75, 3.05) is 9.80 Å². The van der Waals surface area contributed by atoms with Crippen molar-refractivity contribution in [3.8, 4) is 39.3 Å². The molecule has 16 aromatic rings. The van der Waals surface area contributed by atoms with Gasteiger partial charge in [0.1, 0.15) is 0 Å². The van der Waals surface area contributed by atoms with Gasteiger partial charge in [0, 0.05) is 77.8 Å². The third-order valence-electron chi connectivity index (χ3n) is 27.0. The summed E-state index contributed by atoms with van der Waals surface area (Å²) in [5.41, 5.74) is 37.2. The van der Waals surface area contributed by atoms with Gasteiger partial charge in [-0.05, 0) is 261 Å². The van der Waals surface area contributed by atoms with Crippen LogP contribution < -0.4 is 26.2 Å². The Morgan fingerprint density at radius 3 is 0.886 bits per heavy atom. The molecule has 114 heavy (non-hydrogen) atoms. The lowest BCUT2D eigenvalue weighted by molar-refractivity contribution is 0.402. The molecule has 2 aliphatic carbocycles. The van der Waals surface area contributed by atoms with E-state index in [1.165, 1.54) is 149 Å². The summed E-state index contributed by atoms with van der Waals surface area (Å²) in [6.45, 7) is 47.3. The Morgan fingerprint density at radius 2 is 0.535 bits per heavy atom. The summed E-state index contributed by atoms with van der Waals surface area (Å²) in [4.78, 5) is 5.32. The van der Waals surface area contributed by atoms with Crippen LogP contribution in [0.25, 0.3) is 105 Å². The SMILES string of the molecule is CC(C)(C)c1ccc2c(c1)c1ccccc1n2-c1ccc2c(c1)N(c1ccc(-c3ccc4c(c3)C(C)(C)CC4(C)C)cc1)c1cc(-n3c4ccc(C(C)(C)C)cc4c4cc(C(C)(C)C)ccc43)cc3c1B2c1ccc(-n2c4ccccc4c4cc(C(C)(C)C)ccc42)cc1N3c1ccc(-c2ccc3c(c2)C(C)(C)CC3(C)C)cc1. The summed E-state index contributed by atoms with van der Waals surface area (Å²) in [5.74, 6) is 0. The minimum absolute atomic E-state index is 0.0320. The Labute approximate surface area is 675 Å². The monoisotopic (exact) mass is 1480 g/mol. The van der Waals surface area contributed by atoms with Crippen LogP contribution in [0.3, 0.4) is 0 Å². The minimum Gasteiger partial charge on any atom is -0.311 e. The lowest BCUT2D eigenvalue weighted by Crippen LogP contribution is -2.61. The highest BCUT2D eigenvalue weighted by Gasteiger charge is 2.47. The number of aromatic nitrogens is 3. The summed E-state index contributed by atoms with van der Waals surface area (Å²) < 4.78 is 7.68. The van der Waals surface area contributed by atoms with Gasteiger partial charge in [-0.1, -0.05) is 272 Å². The Bertz CT molecular complexity index is 6370. The maximum absolute atomic E-state index is 2.66. The molecule has 3 aromatic heterocycles. The van der Waals surface area contributed by atoms with Gasteiger partial charge in [0.25, 0.3) is 6.71 Å². The van der Waals surface area contributed by atoms with Crippen LogP contribution >= 0.6 is 0 Å². The molecule has 566 valence electrons. The van der Waals surface area contributed by atoms with E-state index in [-0.39, 0.29) is 50.0 Å². The van der Waals surface area contributed by atoms with E-state index in [4.69, 9.17) is 0 Å². The van der Waals surface area contributed by atoms with Crippen LogP contribution in [0, 0.1) is 0 Å². The Hall–Kier alpha value is -11.1. The molecule has 13 aromatic carbocycles. The van der Waals surface area contributed by atoms with Crippen LogP contribution in [0.15, 0.2) is 255 Å². The van der Waals surface area contributed by atoms with Crippen molar-refractivity contribution in [3.05, 3.63) is 299 Å². The van der Waals surface area contributed by atoms with Crippen molar-refractivity contribution in [2.24, 2.45) is 0 Å². The standard InChI is InChI=1S/C108H106BN5/c1-101(2,3)69-35-49-92-80(55-69)78-25-21-23-27-90(78)112(92)75-43-47-88-96(59-75)110(73-39-29-65(30-40-73)67-33-45-84-86(53-67)107(17,18)63-105(84,13)14)98-61-77(114-94-51-37-71(103(7,8)9)57-82(94)83-58-72(104(10,11)12)38-52-95(83)114)62-99-100(98)109(88)89-48-44-76(113-91-28-24-22-26-79(91)81-56-70(102(4,5)6)36-50-93(81)113)60-97(89)111(99)74-41-31-66(32-42-74)68-34-46-85-87(54-68)108(19,20)64-106(85,15)16/h21-62H,63-64H2,1-20H3. The lowest BCUT2D eigenvalue weighted by atomic mass is 9.33. The van der Waals surface area contributed by atoms with Crippen molar-refractivity contribution in [1.29, 1.82) is 0 Å². The van der Waals surface area contributed by atoms with E-state index in [1.54, 1.807) is 0 Å². The number of hydrogen-bond acceptors (Lipinski definition) is 2. The van der Waals surface area contributed by atoms with Crippen LogP contribution in [0.2, 0.25) is 0 Å². The molecule has 5 nitrogen and oxygen atoms in total. The molecule has 6 heteroatoms. The number of fused-ring (bicyclic) bond motifs is 15. The molecule has 0 saturated heterocycles. The van der Waals surface area contributed by atoms with Gasteiger partial charge in [-0.15, -0.1) is 0 Å². The molecule has 0 radical (unpaired) electrons. The fourth-order valence-electron chi connectivity index (χ4n) is 21.5. The Morgan fingerprint density at radius 1 is 0.246 bits per heavy atom. The summed E-state index contributed by atoms with van der Waals surface area (Å²) in [5, 5.41) is 7.55. The van der Waals surface area contributed by atoms with Gasteiger partial charge in [0.2, 0.25) is 0 Å². The third-order valence-corrected chi connectivity index (χ3v) is 27.0. The first-order valence-corrected chi connectivity index (χ1v) is 41.7. The van der Waals surface area contributed by atoms with Crippen LogP contribution in [-0.2, 0) is 43.3 Å². The smallest absolute Gasteiger partial charge is 0.252 e. The largest absolute Gasteiger partial charge is 0.311 e. The fourth-order valence-corrected chi connectivity index (χ4v) is 21.5. The highest BCUT2D eigenvalue weighted by Crippen LogP contribution is 2.55. The highest BCUT2D eigenvalue weighted by atomic mass is 15.2. The number of nitrogens with zero attached hydrogens (tertiary/aromatic N) is 5. The molecule has 2 aliphatic heterocycles. The zero-order valence-corrected chi connectivity index (χ0v) is 70.5. The number of rotatable bonds is 7. The van der Waals surface area contributed by atoms with E-state index in [1.807, 2.05) is 0 Å². The first-order chi connectivity index (χ1) is 54.0. The number of anilines is 6. The van der Waals surface area contributed by atoms with Crippen LogP contribution in [0.4, 0.5) is 34.1 Å². The van der Waals surface area contributed by atoms with Gasteiger partial charge in [-0.25, -0.2) is 0 Å². The number of hydrogen-bond donors (Lipinski definition) is 0. The van der Waals surface area contributed by atoms with E-state index in [0.29, 0.717) is 0 Å². The summed E-state index contributed by atoms with van der Waals surface area (Å²) in [6.07, 6.45) is 2.24. The van der Waals surface area contributed by atoms with Crippen molar-refractivity contribution in [1.82, 2.24) is 13.7 Å². The number of benzene rings is 13. The van der Waals surface area contributed by atoms with Gasteiger partial charge in [0.15, 0.2) is 0 Å². The first kappa shape index (κ1) is 71.9. The molecule has 0 fully saturated rings. The second kappa shape index (κ2) is 24.2. The van der Waals surface area contributed by atoms with Crippen molar-refractivity contribution >= 4 is 123 Å². The zero-order chi connectivity index (χ0) is 79.4. The second-order valence-corrected chi connectivity index (χ2v) is 41.0. The van der Waals surface area contributed by atoms with Gasteiger partial charge in [0.05, 0.1) is 38.8 Å². The topological polar surface area (TPSA) is 21.3 Å². The molecule has 0 N–H and O–H groups in total. The van der Waals surface area contributed by atoms with E-state index < -0.39 is 0 Å². The average molecular weight is 1480 g/mol. The van der Waals surface area contributed by atoms with Gasteiger partial charge in [-0.2, -0.15) is 0 Å². The van der Waals surface area contributed by atoms with Crippen LogP contribution in [0.1, 0.15) is 196 Å².